The number of sulfonamides is 1. The number of anilines is 1. The van der Waals surface area contributed by atoms with E-state index in [1.807, 2.05) is 25.1 Å². The van der Waals surface area contributed by atoms with Gasteiger partial charge in [0.25, 0.3) is 5.91 Å². The molecular weight excluding hydrogens is 430 g/mol. The lowest BCUT2D eigenvalue weighted by molar-refractivity contribution is -0.127. The van der Waals surface area contributed by atoms with Gasteiger partial charge in [-0.15, -0.1) is 0 Å². The number of ether oxygens (including phenoxy) is 2. The van der Waals surface area contributed by atoms with Gasteiger partial charge in [0.1, 0.15) is 5.75 Å². The molecule has 1 atom stereocenters. The number of hydrogen-bond acceptors (Lipinski definition) is 6. The van der Waals surface area contributed by atoms with Crippen molar-refractivity contribution in [1.29, 1.82) is 0 Å². The van der Waals surface area contributed by atoms with Crippen LogP contribution in [0.3, 0.4) is 0 Å². The predicted molar refractivity (Wildman–Crippen MR) is 122 cm³/mol. The SMILES string of the molecule is Cc1ccc2c(c1)O[C@@H](C(=O)NCc1ccc(CN3CCOCC3)cc1)CN2S(C)(=O)=O. The lowest BCUT2D eigenvalue weighted by Gasteiger charge is -2.34. The van der Waals surface area contributed by atoms with Crippen LogP contribution in [0.15, 0.2) is 42.5 Å². The maximum atomic E-state index is 12.8. The zero-order chi connectivity index (χ0) is 22.7. The fourth-order valence-electron chi connectivity index (χ4n) is 3.89. The zero-order valence-electron chi connectivity index (χ0n) is 18.4. The smallest absolute Gasteiger partial charge is 0.263 e. The molecule has 0 bridgehead atoms. The molecule has 32 heavy (non-hydrogen) atoms. The zero-order valence-corrected chi connectivity index (χ0v) is 19.2. The number of morpholine rings is 1. The van der Waals surface area contributed by atoms with Crippen molar-refractivity contribution in [3.05, 3.63) is 59.2 Å². The van der Waals surface area contributed by atoms with Gasteiger partial charge in [-0.2, -0.15) is 0 Å². The van der Waals surface area contributed by atoms with Crippen LogP contribution >= 0.6 is 0 Å². The largest absolute Gasteiger partial charge is 0.476 e. The highest BCUT2D eigenvalue weighted by Gasteiger charge is 2.34. The monoisotopic (exact) mass is 459 g/mol. The summed E-state index contributed by atoms with van der Waals surface area (Å²) in [6, 6.07) is 13.4. The molecule has 0 radical (unpaired) electrons. The molecule has 1 saturated heterocycles. The Morgan fingerprint density at radius 2 is 1.78 bits per heavy atom. The fourth-order valence-corrected chi connectivity index (χ4v) is 4.81. The van der Waals surface area contributed by atoms with E-state index in [2.05, 4.69) is 22.3 Å². The van der Waals surface area contributed by atoms with Gasteiger partial charge >= 0.3 is 0 Å². The molecule has 2 aliphatic heterocycles. The molecule has 1 fully saturated rings. The molecule has 2 aromatic carbocycles. The summed E-state index contributed by atoms with van der Waals surface area (Å²) in [4.78, 5) is 15.1. The van der Waals surface area contributed by atoms with Crippen molar-refractivity contribution in [3.8, 4) is 5.75 Å². The molecular formula is C23H29N3O5S. The van der Waals surface area contributed by atoms with Crippen molar-refractivity contribution in [2.45, 2.75) is 26.1 Å². The summed E-state index contributed by atoms with van der Waals surface area (Å²) in [7, 11) is -3.54. The Morgan fingerprint density at radius 3 is 2.47 bits per heavy atom. The third-order valence-electron chi connectivity index (χ3n) is 5.68. The number of nitrogens with zero attached hydrogens (tertiary/aromatic N) is 2. The number of benzene rings is 2. The second-order valence-electron chi connectivity index (χ2n) is 8.29. The fraction of sp³-hybridized carbons (Fsp3) is 0.435. The molecule has 0 aliphatic carbocycles. The third-order valence-corrected chi connectivity index (χ3v) is 6.82. The van der Waals surface area contributed by atoms with Gasteiger partial charge in [0.15, 0.2) is 6.10 Å². The Hall–Kier alpha value is -2.62. The van der Waals surface area contributed by atoms with Crippen LogP contribution in [0.5, 0.6) is 5.75 Å². The second kappa shape index (κ2) is 9.48. The predicted octanol–water partition coefficient (Wildman–Crippen LogP) is 1.67. The van der Waals surface area contributed by atoms with Crippen molar-refractivity contribution in [2.75, 3.05) is 43.4 Å². The minimum Gasteiger partial charge on any atom is -0.476 e. The molecule has 0 aromatic heterocycles. The van der Waals surface area contributed by atoms with E-state index in [-0.39, 0.29) is 12.5 Å². The first kappa shape index (κ1) is 22.6. The van der Waals surface area contributed by atoms with Crippen LogP contribution in [0.2, 0.25) is 0 Å². The number of carbonyl (C=O) groups excluding carboxylic acids is 1. The lowest BCUT2D eigenvalue weighted by atomic mass is 10.1. The molecule has 172 valence electrons. The van der Waals surface area contributed by atoms with Crippen LogP contribution in [-0.2, 0) is 32.6 Å². The van der Waals surface area contributed by atoms with E-state index in [0.29, 0.717) is 18.0 Å². The number of nitrogens with one attached hydrogen (secondary N) is 1. The minimum absolute atomic E-state index is 0.0563. The average molecular weight is 460 g/mol. The number of aryl methyl sites for hydroxylation is 1. The highest BCUT2D eigenvalue weighted by atomic mass is 32.2. The summed E-state index contributed by atoms with van der Waals surface area (Å²) in [6.07, 6.45) is 0.217. The van der Waals surface area contributed by atoms with Crippen LogP contribution in [0, 0.1) is 6.92 Å². The summed E-state index contributed by atoms with van der Waals surface area (Å²) in [5.41, 5.74) is 3.57. The van der Waals surface area contributed by atoms with E-state index < -0.39 is 16.1 Å². The van der Waals surface area contributed by atoms with Crippen LogP contribution in [-0.4, -0.2) is 64.4 Å². The number of hydrogen-bond donors (Lipinski definition) is 1. The first-order valence-electron chi connectivity index (χ1n) is 10.7. The van der Waals surface area contributed by atoms with E-state index in [9.17, 15) is 13.2 Å². The molecule has 0 saturated carbocycles. The summed E-state index contributed by atoms with van der Waals surface area (Å²) in [5.74, 6) is 0.0532. The maximum absolute atomic E-state index is 12.8. The van der Waals surface area contributed by atoms with E-state index >= 15 is 0 Å². The first-order valence-corrected chi connectivity index (χ1v) is 12.5. The van der Waals surface area contributed by atoms with E-state index in [4.69, 9.17) is 9.47 Å². The van der Waals surface area contributed by atoms with Gasteiger partial charge < -0.3 is 14.8 Å². The normalized spacial score (nSPS) is 19.2. The van der Waals surface area contributed by atoms with Crippen LogP contribution in [0.25, 0.3) is 0 Å². The number of rotatable bonds is 6. The summed E-state index contributed by atoms with van der Waals surface area (Å²) in [5, 5.41) is 2.87. The Labute approximate surface area is 189 Å². The quantitative estimate of drug-likeness (QED) is 0.707. The van der Waals surface area contributed by atoms with Gasteiger partial charge in [-0.3, -0.25) is 14.0 Å². The molecule has 8 nitrogen and oxygen atoms in total. The Kier molecular flexibility index (Phi) is 6.68. The summed E-state index contributed by atoms with van der Waals surface area (Å²) in [6.45, 7) is 6.48. The summed E-state index contributed by atoms with van der Waals surface area (Å²) < 4.78 is 37.0. The molecule has 2 heterocycles. The molecule has 2 aromatic rings. The molecule has 0 unspecified atom stereocenters. The van der Waals surface area contributed by atoms with E-state index in [1.54, 1.807) is 12.1 Å². The van der Waals surface area contributed by atoms with Crippen molar-refractivity contribution >= 4 is 21.6 Å². The van der Waals surface area contributed by atoms with Gasteiger partial charge in [-0.25, -0.2) is 8.42 Å². The van der Waals surface area contributed by atoms with Crippen LogP contribution in [0.4, 0.5) is 5.69 Å². The number of carbonyl (C=O) groups is 1. The average Bonchev–Trinajstić information content (AvgIpc) is 2.77. The van der Waals surface area contributed by atoms with Crippen molar-refractivity contribution in [3.63, 3.8) is 0 Å². The highest BCUT2D eigenvalue weighted by Crippen LogP contribution is 2.35. The van der Waals surface area contributed by atoms with Gasteiger partial charge in [-0.1, -0.05) is 30.3 Å². The maximum Gasteiger partial charge on any atom is 0.263 e. The highest BCUT2D eigenvalue weighted by molar-refractivity contribution is 7.92. The Morgan fingerprint density at radius 1 is 1.09 bits per heavy atom. The molecule has 1 N–H and O–H groups in total. The molecule has 1 amide bonds. The molecule has 2 aliphatic rings. The topological polar surface area (TPSA) is 88.2 Å². The van der Waals surface area contributed by atoms with E-state index in [1.165, 1.54) is 9.87 Å². The van der Waals surface area contributed by atoms with Crippen molar-refractivity contribution < 1.29 is 22.7 Å². The van der Waals surface area contributed by atoms with Gasteiger partial charge in [-0.05, 0) is 35.7 Å². The van der Waals surface area contributed by atoms with Gasteiger partial charge in [0.2, 0.25) is 10.0 Å². The first-order chi connectivity index (χ1) is 15.3. The van der Waals surface area contributed by atoms with Crippen LogP contribution in [0.1, 0.15) is 16.7 Å². The molecule has 9 heteroatoms. The standard InChI is InChI=1S/C23H29N3O5S/c1-17-3-8-20-21(13-17)31-22(16-26(20)32(2,28)29)23(27)24-14-18-4-6-19(7-5-18)15-25-9-11-30-12-10-25/h3-8,13,22H,9-12,14-16H2,1-2H3,(H,24,27)/t22-/m1/s1. The van der Waals surface area contributed by atoms with Gasteiger partial charge in [0, 0.05) is 26.2 Å². The van der Waals surface area contributed by atoms with E-state index in [0.717, 1.165) is 50.2 Å². The molecule has 0 spiro atoms. The van der Waals surface area contributed by atoms with Crippen molar-refractivity contribution in [2.24, 2.45) is 0 Å². The van der Waals surface area contributed by atoms with Crippen LogP contribution < -0.4 is 14.4 Å². The third kappa shape index (κ3) is 5.40. The van der Waals surface area contributed by atoms with Crippen molar-refractivity contribution in [1.82, 2.24) is 10.2 Å². The minimum atomic E-state index is -3.54. The Balaban J connectivity index is 1.37. The van der Waals surface area contributed by atoms with Gasteiger partial charge in [0.05, 0.1) is 31.7 Å². The Bertz CT molecular complexity index is 1070. The number of amides is 1. The molecule has 4 rings (SSSR count). The second-order valence-corrected chi connectivity index (χ2v) is 10.2. The summed E-state index contributed by atoms with van der Waals surface area (Å²) >= 11 is 0. The lowest BCUT2D eigenvalue weighted by Crippen LogP contribution is -2.50. The number of fused-ring (bicyclic) bond motifs is 1.